The molecule has 5 rings (SSSR count). The molecule has 0 bridgehead atoms. The number of carbonyl (C=O) groups is 1. The second kappa shape index (κ2) is 8.32. The van der Waals surface area contributed by atoms with E-state index in [4.69, 9.17) is 33.2 Å². The summed E-state index contributed by atoms with van der Waals surface area (Å²) in [6.07, 6.45) is -1.05. The lowest BCUT2D eigenvalue weighted by Crippen LogP contribution is -2.56. The van der Waals surface area contributed by atoms with Crippen LogP contribution in [0.5, 0.6) is 11.5 Å². The van der Waals surface area contributed by atoms with E-state index in [2.05, 4.69) is 0 Å². The highest BCUT2D eigenvalue weighted by Gasteiger charge is 2.45. The molecule has 3 heterocycles. The van der Waals surface area contributed by atoms with Crippen LogP contribution in [0.1, 0.15) is 37.0 Å². The predicted molar refractivity (Wildman–Crippen MR) is 99.8 cm³/mol. The Morgan fingerprint density at radius 2 is 2.07 bits per heavy atom. The Bertz CT molecular complexity index is 784. The average Bonchev–Trinajstić information content (AvgIpc) is 3.20. The Hall–Kier alpha value is -1.91. The number of aryl methyl sites for hydroxylation is 1. The van der Waals surface area contributed by atoms with E-state index >= 15 is 0 Å². The maximum atomic E-state index is 10.8. The van der Waals surface area contributed by atoms with Crippen LogP contribution in [0.15, 0.2) is 12.1 Å². The molecule has 9 nitrogen and oxygen atoms in total. The van der Waals surface area contributed by atoms with Crippen LogP contribution in [0.3, 0.4) is 0 Å². The van der Waals surface area contributed by atoms with Crippen molar-refractivity contribution < 1.29 is 43.1 Å². The van der Waals surface area contributed by atoms with Crippen molar-refractivity contribution in [2.45, 2.75) is 63.2 Å². The zero-order valence-electron chi connectivity index (χ0n) is 16.7. The van der Waals surface area contributed by atoms with Crippen LogP contribution in [-0.2, 0) is 34.9 Å². The van der Waals surface area contributed by atoms with Crippen molar-refractivity contribution in [1.29, 1.82) is 0 Å². The summed E-state index contributed by atoms with van der Waals surface area (Å²) in [6.45, 7) is 3.02. The number of fused-ring (bicyclic) bond motifs is 3. The van der Waals surface area contributed by atoms with Crippen molar-refractivity contribution in [2.75, 3.05) is 20.0 Å². The number of carbonyl (C=O) groups excluding carboxylic acids is 1. The van der Waals surface area contributed by atoms with E-state index in [1.807, 2.05) is 12.1 Å². The van der Waals surface area contributed by atoms with Gasteiger partial charge in [0.2, 0.25) is 6.79 Å². The quantitative estimate of drug-likeness (QED) is 0.706. The van der Waals surface area contributed by atoms with Gasteiger partial charge in [-0.15, -0.1) is 0 Å². The van der Waals surface area contributed by atoms with Crippen LogP contribution >= 0.6 is 0 Å². The standard InChI is InChI=1S/C21H26O9/c1-11-25-8-18-21(28-11)15(23)6-19(29-18)30-20-13(7-24-9-22)3-2-12-4-16-17(5-14(12)20)27-10-26-16/h4-5,9,11,13,15,18-21,23H,2-3,6-8,10H2,1H3/t11-,13?,15?,18?,19?,20?,21?/m1/s1. The Balaban J connectivity index is 1.37. The lowest BCUT2D eigenvalue weighted by molar-refractivity contribution is -0.338. The Morgan fingerprint density at radius 1 is 1.23 bits per heavy atom. The maximum Gasteiger partial charge on any atom is 0.293 e. The number of hydrogen-bond donors (Lipinski definition) is 1. The molecule has 164 valence electrons. The number of rotatable bonds is 5. The molecule has 2 saturated heterocycles. The molecule has 6 unspecified atom stereocenters. The van der Waals surface area contributed by atoms with Crippen LogP contribution < -0.4 is 9.47 Å². The third-order valence-electron chi connectivity index (χ3n) is 6.18. The number of aliphatic hydroxyl groups excluding tert-OH is 1. The van der Waals surface area contributed by atoms with Gasteiger partial charge in [-0.1, -0.05) is 0 Å². The molecule has 1 aliphatic carbocycles. The van der Waals surface area contributed by atoms with Crippen LogP contribution in [0.2, 0.25) is 0 Å². The molecule has 0 radical (unpaired) electrons. The van der Waals surface area contributed by atoms with Gasteiger partial charge in [-0.3, -0.25) is 4.79 Å². The number of hydrogen-bond acceptors (Lipinski definition) is 9. The molecule has 1 aromatic rings. The van der Waals surface area contributed by atoms with Crippen molar-refractivity contribution in [3.63, 3.8) is 0 Å². The second-order valence-corrected chi connectivity index (χ2v) is 8.10. The Labute approximate surface area is 174 Å². The predicted octanol–water partition coefficient (Wildman–Crippen LogP) is 1.45. The smallest absolute Gasteiger partial charge is 0.293 e. The minimum absolute atomic E-state index is 0.0413. The van der Waals surface area contributed by atoms with Gasteiger partial charge < -0.3 is 38.3 Å². The maximum absolute atomic E-state index is 10.8. The molecule has 0 saturated carbocycles. The van der Waals surface area contributed by atoms with E-state index in [-0.39, 0.29) is 38.1 Å². The molecule has 30 heavy (non-hydrogen) atoms. The normalized spacial score (nSPS) is 37.2. The highest BCUT2D eigenvalue weighted by Crippen LogP contribution is 2.45. The molecule has 1 N–H and O–H groups in total. The van der Waals surface area contributed by atoms with Gasteiger partial charge in [0.05, 0.1) is 25.4 Å². The van der Waals surface area contributed by atoms with Crippen molar-refractivity contribution >= 4 is 6.47 Å². The Kier molecular flexibility index (Phi) is 5.55. The Morgan fingerprint density at radius 3 is 2.90 bits per heavy atom. The van der Waals surface area contributed by atoms with Gasteiger partial charge in [-0.05, 0) is 43.0 Å². The SMILES string of the molecule is C[C@@H]1OCC2OC(OC3c4cc5c(cc4CCC3COC=O)OCO5)CC(O)C2O1. The van der Waals surface area contributed by atoms with Gasteiger partial charge in [0.1, 0.15) is 12.2 Å². The van der Waals surface area contributed by atoms with Gasteiger partial charge >= 0.3 is 0 Å². The van der Waals surface area contributed by atoms with E-state index < -0.39 is 24.6 Å². The molecule has 0 amide bonds. The third-order valence-corrected chi connectivity index (χ3v) is 6.18. The number of benzene rings is 1. The van der Waals surface area contributed by atoms with Crippen LogP contribution in [-0.4, -0.2) is 62.5 Å². The van der Waals surface area contributed by atoms with Crippen molar-refractivity contribution in [2.24, 2.45) is 5.92 Å². The molecule has 0 spiro atoms. The first-order valence-corrected chi connectivity index (χ1v) is 10.4. The van der Waals surface area contributed by atoms with Gasteiger partial charge in [0.25, 0.3) is 6.47 Å². The summed E-state index contributed by atoms with van der Waals surface area (Å²) in [6, 6.07) is 3.92. The van der Waals surface area contributed by atoms with Crippen LogP contribution in [0, 0.1) is 5.92 Å². The lowest BCUT2D eigenvalue weighted by Gasteiger charge is -2.45. The van der Waals surface area contributed by atoms with Crippen LogP contribution in [0.4, 0.5) is 0 Å². The summed E-state index contributed by atoms with van der Waals surface area (Å²) >= 11 is 0. The summed E-state index contributed by atoms with van der Waals surface area (Å²) in [5.74, 6) is 1.36. The first-order chi connectivity index (χ1) is 14.6. The molecule has 9 heteroatoms. The summed E-state index contributed by atoms with van der Waals surface area (Å²) < 4.78 is 39.8. The topological polar surface area (TPSA) is 102 Å². The molecular weight excluding hydrogens is 396 g/mol. The average molecular weight is 422 g/mol. The zero-order chi connectivity index (χ0) is 20.7. The van der Waals surface area contributed by atoms with E-state index in [9.17, 15) is 9.90 Å². The fraction of sp³-hybridized carbons (Fsp3) is 0.667. The zero-order valence-corrected chi connectivity index (χ0v) is 16.7. The molecular formula is C21H26O9. The number of ether oxygens (including phenoxy) is 7. The van der Waals surface area contributed by atoms with Gasteiger partial charge in [0, 0.05) is 12.3 Å². The van der Waals surface area contributed by atoms with Crippen LogP contribution in [0.25, 0.3) is 0 Å². The summed E-state index contributed by atoms with van der Waals surface area (Å²) in [4.78, 5) is 10.8. The fourth-order valence-corrected chi connectivity index (χ4v) is 4.71. The minimum Gasteiger partial charge on any atom is -0.467 e. The fourth-order valence-electron chi connectivity index (χ4n) is 4.71. The molecule has 0 aromatic heterocycles. The number of aliphatic hydroxyl groups is 1. The van der Waals surface area contributed by atoms with E-state index in [1.54, 1.807) is 6.92 Å². The van der Waals surface area contributed by atoms with E-state index in [0.29, 0.717) is 18.8 Å². The summed E-state index contributed by atoms with van der Waals surface area (Å²) in [5.41, 5.74) is 2.08. The van der Waals surface area contributed by atoms with Gasteiger partial charge in [-0.25, -0.2) is 0 Å². The largest absolute Gasteiger partial charge is 0.467 e. The summed E-state index contributed by atoms with van der Waals surface area (Å²) in [5, 5.41) is 10.6. The minimum atomic E-state index is -0.718. The molecule has 1 aromatic carbocycles. The van der Waals surface area contributed by atoms with Crippen molar-refractivity contribution in [3.8, 4) is 11.5 Å². The second-order valence-electron chi connectivity index (χ2n) is 8.10. The highest BCUT2D eigenvalue weighted by molar-refractivity contribution is 5.50. The monoisotopic (exact) mass is 422 g/mol. The molecule has 3 aliphatic heterocycles. The van der Waals surface area contributed by atoms with E-state index in [1.165, 1.54) is 0 Å². The first-order valence-electron chi connectivity index (χ1n) is 10.4. The third kappa shape index (κ3) is 3.76. The first kappa shape index (κ1) is 20.0. The summed E-state index contributed by atoms with van der Waals surface area (Å²) in [7, 11) is 0. The van der Waals surface area contributed by atoms with E-state index in [0.717, 1.165) is 29.7 Å². The highest BCUT2D eigenvalue weighted by atomic mass is 16.7. The van der Waals surface area contributed by atoms with Crippen molar-refractivity contribution in [1.82, 2.24) is 0 Å². The van der Waals surface area contributed by atoms with Crippen molar-refractivity contribution in [3.05, 3.63) is 23.3 Å². The molecule has 2 fully saturated rings. The molecule has 7 atom stereocenters. The van der Waals surface area contributed by atoms with Gasteiger partial charge in [-0.2, -0.15) is 0 Å². The van der Waals surface area contributed by atoms with Gasteiger partial charge in [0.15, 0.2) is 24.1 Å². The lowest BCUT2D eigenvalue weighted by atomic mass is 9.81. The molecule has 4 aliphatic rings.